The van der Waals surface area contributed by atoms with Crippen molar-refractivity contribution in [3.05, 3.63) is 65.2 Å². The van der Waals surface area contributed by atoms with Crippen LogP contribution in [0.25, 0.3) is 0 Å². The van der Waals surface area contributed by atoms with Gasteiger partial charge in [-0.1, -0.05) is 50.2 Å². The van der Waals surface area contributed by atoms with Gasteiger partial charge in [-0.05, 0) is 48.1 Å². The van der Waals surface area contributed by atoms with Gasteiger partial charge in [-0.25, -0.2) is 0 Å². The lowest BCUT2D eigenvalue weighted by Crippen LogP contribution is -2.16. The molecule has 0 bridgehead atoms. The molecular weight excluding hydrogens is 288 g/mol. The molecule has 0 amide bonds. The molecule has 0 aliphatic heterocycles. The fraction of sp³-hybridized carbons (Fsp3) is 0.350. The lowest BCUT2D eigenvalue weighted by Gasteiger charge is -2.16. The smallest absolute Gasteiger partial charge is 0.311 e. The van der Waals surface area contributed by atoms with E-state index >= 15 is 0 Å². The standard InChI is InChI=1S/C20H24O3/c1-14(2)16-8-10-17(11-9-16)23-13-12-19(20(21)22)18-7-5-4-6-15(18)3/h4-11,14,19H,12-13H2,1-3H3,(H,21,22). The summed E-state index contributed by atoms with van der Waals surface area (Å²) in [5.41, 5.74) is 3.13. The summed E-state index contributed by atoms with van der Waals surface area (Å²) in [4.78, 5) is 11.6. The molecule has 0 heterocycles. The van der Waals surface area contributed by atoms with Crippen molar-refractivity contribution in [2.24, 2.45) is 0 Å². The number of carboxylic acids is 1. The quantitative estimate of drug-likeness (QED) is 0.802. The van der Waals surface area contributed by atoms with Crippen molar-refractivity contribution >= 4 is 5.97 Å². The first kappa shape index (κ1) is 17.1. The molecule has 122 valence electrons. The van der Waals surface area contributed by atoms with Gasteiger partial charge in [-0.2, -0.15) is 0 Å². The number of hydrogen-bond donors (Lipinski definition) is 1. The van der Waals surface area contributed by atoms with Crippen LogP contribution in [0.5, 0.6) is 5.75 Å². The van der Waals surface area contributed by atoms with Gasteiger partial charge in [0.1, 0.15) is 5.75 Å². The molecule has 2 rings (SSSR count). The van der Waals surface area contributed by atoms with E-state index in [2.05, 4.69) is 26.0 Å². The van der Waals surface area contributed by atoms with Gasteiger partial charge in [0, 0.05) is 0 Å². The minimum absolute atomic E-state index is 0.381. The molecule has 2 aromatic rings. The van der Waals surface area contributed by atoms with Crippen molar-refractivity contribution in [2.75, 3.05) is 6.61 Å². The highest BCUT2D eigenvalue weighted by Crippen LogP contribution is 2.24. The zero-order chi connectivity index (χ0) is 16.8. The average Bonchev–Trinajstić information content (AvgIpc) is 2.53. The van der Waals surface area contributed by atoms with E-state index in [-0.39, 0.29) is 0 Å². The van der Waals surface area contributed by atoms with Gasteiger partial charge in [0.05, 0.1) is 12.5 Å². The number of hydrogen-bond acceptors (Lipinski definition) is 2. The topological polar surface area (TPSA) is 46.5 Å². The predicted octanol–water partition coefficient (Wildman–Crippen LogP) is 4.76. The van der Waals surface area contributed by atoms with E-state index in [0.717, 1.165) is 16.9 Å². The minimum atomic E-state index is -0.807. The maximum Gasteiger partial charge on any atom is 0.311 e. The first-order valence-electron chi connectivity index (χ1n) is 8.00. The Morgan fingerprint density at radius 1 is 1.09 bits per heavy atom. The molecule has 3 nitrogen and oxygen atoms in total. The molecule has 0 aliphatic carbocycles. The molecular formula is C20H24O3. The number of carbonyl (C=O) groups is 1. The maximum absolute atomic E-state index is 11.6. The fourth-order valence-corrected chi connectivity index (χ4v) is 2.63. The Bertz CT molecular complexity index is 644. The highest BCUT2D eigenvalue weighted by Gasteiger charge is 2.21. The molecule has 1 unspecified atom stereocenters. The van der Waals surface area contributed by atoms with Crippen LogP contribution in [0.4, 0.5) is 0 Å². The van der Waals surface area contributed by atoms with Crippen LogP contribution in [0.2, 0.25) is 0 Å². The van der Waals surface area contributed by atoms with Gasteiger partial charge < -0.3 is 9.84 Å². The van der Waals surface area contributed by atoms with E-state index < -0.39 is 11.9 Å². The number of rotatable bonds is 7. The summed E-state index contributed by atoms with van der Waals surface area (Å²) in [5, 5.41) is 9.49. The number of benzene rings is 2. The van der Waals surface area contributed by atoms with E-state index in [1.807, 2.05) is 43.3 Å². The Hall–Kier alpha value is -2.29. The minimum Gasteiger partial charge on any atom is -0.494 e. The summed E-state index contributed by atoms with van der Waals surface area (Å²) in [7, 11) is 0. The van der Waals surface area contributed by atoms with Crippen molar-refractivity contribution < 1.29 is 14.6 Å². The lowest BCUT2D eigenvalue weighted by atomic mass is 9.92. The molecule has 0 saturated carbocycles. The molecule has 0 aromatic heterocycles. The van der Waals surface area contributed by atoms with Crippen LogP contribution in [0.3, 0.4) is 0 Å². The second-order valence-corrected chi connectivity index (χ2v) is 6.11. The Morgan fingerprint density at radius 3 is 2.30 bits per heavy atom. The predicted molar refractivity (Wildman–Crippen MR) is 92.2 cm³/mol. The van der Waals surface area contributed by atoms with Gasteiger partial charge in [-0.15, -0.1) is 0 Å². The molecule has 2 aromatic carbocycles. The molecule has 0 fully saturated rings. The molecule has 1 N–H and O–H groups in total. The van der Waals surface area contributed by atoms with Crippen molar-refractivity contribution in [1.82, 2.24) is 0 Å². The lowest BCUT2D eigenvalue weighted by molar-refractivity contribution is -0.139. The average molecular weight is 312 g/mol. The second-order valence-electron chi connectivity index (χ2n) is 6.11. The summed E-state index contributed by atoms with van der Waals surface area (Å²) in [6.07, 6.45) is 0.451. The Kier molecular flexibility index (Phi) is 5.80. The molecule has 0 aliphatic rings. The Balaban J connectivity index is 1.97. The molecule has 3 heteroatoms. The first-order valence-corrected chi connectivity index (χ1v) is 8.00. The highest BCUT2D eigenvalue weighted by atomic mass is 16.5. The fourth-order valence-electron chi connectivity index (χ4n) is 2.63. The first-order chi connectivity index (χ1) is 11.0. The number of aryl methyl sites for hydroxylation is 1. The summed E-state index contributed by atoms with van der Waals surface area (Å²) < 4.78 is 5.72. The van der Waals surface area contributed by atoms with Crippen LogP contribution in [0.15, 0.2) is 48.5 Å². The van der Waals surface area contributed by atoms with Crippen LogP contribution in [0, 0.1) is 6.92 Å². The molecule has 0 spiro atoms. The monoisotopic (exact) mass is 312 g/mol. The van der Waals surface area contributed by atoms with Crippen LogP contribution >= 0.6 is 0 Å². The normalized spacial score (nSPS) is 12.2. The third-order valence-corrected chi connectivity index (χ3v) is 4.08. The van der Waals surface area contributed by atoms with Gasteiger partial charge in [0.25, 0.3) is 0 Å². The van der Waals surface area contributed by atoms with Crippen LogP contribution in [0.1, 0.15) is 48.8 Å². The third-order valence-electron chi connectivity index (χ3n) is 4.08. The van der Waals surface area contributed by atoms with Crippen LogP contribution < -0.4 is 4.74 Å². The van der Waals surface area contributed by atoms with Crippen molar-refractivity contribution in [3.8, 4) is 5.75 Å². The molecule has 23 heavy (non-hydrogen) atoms. The summed E-state index contributed by atoms with van der Waals surface area (Å²) in [6, 6.07) is 15.6. The maximum atomic E-state index is 11.6. The highest BCUT2D eigenvalue weighted by molar-refractivity contribution is 5.76. The summed E-state index contributed by atoms with van der Waals surface area (Å²) >= 11 is 0. The SMILES string of the molecule is Cc1ccccc1C(CCOc1ccc(C(C)C)cc1)C(=O)O. The molecule has 0 saturated heterocycles. The van der Waals surface area contributed by atoms with Crippen molar-refractivity contribution in [3.63, 3.8) is 0 Å². The van der Waals surface area contributed by atoms with Gasteiger partial charge >= 0.3 is 5.97 Å². The van der Waals surface area contributed by atoms with Gasteiger partial charge in [0.15, 0.2) is 0 Å². The van der Waals surface area contributed by atoms with Crippen molar-refractivity contribution in [1.29, 1.82) is 0 Å². The molecule has 0 radical (unpaired) electrons. The van der Waals surface area contributed by atoms with Crippen molar-refractivity contribution in [2.45, 2.75) is 39.0 Å². The number of carboxylic acid groups (broad SMARTS) is 1. The van der Waals surface area contributed by atoms with Crippen LogP contribution in [-0.4, -0.2) is 17.7 Å². The zero-order valence-electron chi connectivity index (χ0n) is 14.0. The Labute approximate surface area is 137 Å². The summed E-state index contributed by atoms with van der Waals surface area (Å²) in [5.74, 6) is -0.0750. The number of ether oxygens (including phenoxy) is 1. The van der Waals surface area contributed by atoms with E-state index in [1.165, 1.54) is 5.56 Å². The van der Waals surface area contributed by atoms with E-state index in [4.69, 9.17) is 4.74 Å². The van der Waals surface area contributed by atoms with E-state index in [9.17, 15) is 9.90 Å². The van der Waals surface area contributed by atoms with E-state index in [1.54, 1.807) is 0 Å². The number of aliphatic carboxylic acids is 1. The van der Waals surface area contributed by atoms with E-state index in [0.29, 0.717) is 18.9 Å². The molecule has 1 atom stereocenters. The second kappa shape index (κ2) is 7.82. The summed E-state index contributed by atoms with van der Waals surface area (Å²) in [6.45, 7) is 6.62. The van der Waals surface area contributed by atoms with Gasteiger partial charge in [0.2, 0.25) is 0 Å². The third kappa shape index (κ3) is 4.59. The van der Waals surface area contributed by atoms with Gasteiger partial charge in [-0.3, -0.25) is 4.79 Å². The largest absolute Gasteiger partial charge is 0.494 e. The Morgan fingerprint density at radius 2 is 1.74 bits per heavy atom. The van der Waals surface area contributed by atoms with Crippen LogP contribution in [-0.2, 0) is 4.79 Å². The zero-order valence-corrected chi connectivity index (χ0v) is 14.0.